The standard InChI is InChI=1S/C34H38N4O2/c1-34(19-23-36(24-20-34)33(39)32-30-16-10-9-15-29(30)31(40-2)25-35-32)37-21-17-28(18-22-37)38(26-11-5-3-6-12-26)27-13-7-4-8-14-27/h3-16,25,28H,17-24H2,1-2H3. The topological polar surface area (TPSA) is 48.9 Å². The van der Waals surface area contributed by atoms with Crippen molar-refractivity contribution < 1.29 is 9.53 Å². The van der Waals surface area contributed by atoms with Gasteiger partial charge in [-0.2, -0.15) is 0 Å². The molecule has 1 amide bonds. The molecule has 0 radical (unpaired) electrons. The molecule has 2 aliphatic heterocycles. The van der Waals surface area contributed by atoms with Crippen molar-refractivity contribution in [3.8, 4) is 5.75 Å². The number of methoxy groups -OCH3 is 1. The minimum absolute atomic E-state index is 0.0148. The highest BCUT2D eigenvalue weighted by Gasteiger charge is 2.40. The fourth-order valence-corrected chi connectivity index (χ4v) is 6.57. The number of piperidine rings is 2. The highest BCUT2D eigenvalue weighted by atomic mass is 16.5. The fourth-order valence-electron chi connectivity index (χ4n) is 6.57. The van der Waals surface area contributed by atoms with Gasteiger partial charge < -0.3 is 14.5 Å². The van der Waals surface area contributed by atoms with Crippen molar-refractivity contribution >= 4 is 28.1 Å². The van der Waals surface area contributed by atoms with Gasteiger partial charge in [0.1, 0.15) is 11.4 Å². The van der Waals surface area contributed by atoms with Crippen LogP contribution in [0.25, 0.3) is 10.8 Å². The lowest BCUT2D eigenvalue weighted by molar-refractivity contribution is 0.0176. The average Bonchev–Trinajstić information content (AvgIpc) is 3.02. The lowest BCUT2D eigenvalue weighted by Gasteiger charge is -2.50. The smallest absolute Gasteiger partial charge is 0.273 e. The predicted molar refractivity (Wildman–Crippen MR) is 161 cm³/mol. The Morgan fingerprint density at radius 1 is 0.825 bits per heavy atom. The van der Waals surface area contributed by atoms with E-state index < -0.39 is 0 Å². The first-order valence-electron chi connectivity index (χ1n) is 14.4. The van der Waals surface area contributed by atoms with Gasteiger partial charge in [-0.3, -0.25) is 9.69 Å². The van der Waals surface area contributed by atoms with Crippen LogP contribution in [0.2, 0.25) is 0 Å². The molecule has 3 heterocycles. The number of rotatable bonds is 6. The van der Waals surface area contributed by atoms with Gasteiger partial charge in [0, 0.05) is 59.9 Å². The van der Waals surface area contributed by atoms with Gasteiger partial charge in [-0.1, -0.05) is 60.7 Å². The van der Waals surface area contributed by atoms with Crippen LogP contribution in [0.5, 0.6) is 5.75 Å². The summed E-state index contributed by atoms with van der Waals surface area (Å²) in [5, 5.41) is 1.77. The third-order valence-corrected chi connectivity index (χ3v) is 8.97. The molecule has 0 atom stereocenters. The van der Waals surface area contributed by atoms with Crippen LogP contribution in [0.4, 0.5) is 11.4 Å². The maximum absolute atomic E-state index is 13.6. The maximum atomic E-state index is 13.6. The Morgan fingerprint density at radius 2 is 1.38 bits per heavy atom. The van der Waals surface area contributed by atoms with Crippen LogP contribution < -0.4 is 9.64 Å². The quantitative estimate of drug-likeness (QED) is 0.281. The molecule has 40 heavy (non-hydrogen) atoms. The molecule has 0 spiro atoms. The summed E-state index contributed by atoms with van der Waals surface area (Å²) in [5.74, 6) is 0.709. The number of likely N-dealkylation sites (tertiary alicyclic amines) is 2. The molecule has 0 N–H and O–H groups in total. The van der Waals surface area contributed by atoms with Gasteiger partial charge >= 0.3 is 0 Å². The van der Waals surface area contributed by atoms with E-state index in [0.717, 1.165) is 62.6 Å². The van der Waals surface area contributed by atoms with Crippen LogP contribution in [-0.2, 0) is 0 Å². The Labute approximate surface area is 237 Å². The highest BCUT2D eigenvalue weighted by Crippen LogP contribution is 2.36. The summed E-state index contributed by atoms with van der Waals surface area (Å²) in [5.41, 5.74) is 3.12. The summed E-state index contributed by atoms with van der Waals surface area (Å²) in [7, 11) is 1.64. The van der Waals surface area contributed by atoms with Crippen LogP contribution in [0.3, 0.4) is 0 Å². The number of carbonyl (C=O) groups is 1. The van der Waals surface area contributed by atoms with E-state index >= 15 is 0 Å². The summed E-state index contributed by atoms with van der Waals surface area (Å²) in [6.07, 6.45) is 5.84. The van der Waals surface area contributed by atoms with Crippen molar-refractivity contribution in [2.45, 2.75) is 44.2 Å². The zero-order valence-electron chi connectivity index (χ0n) is 23.5. The highest BCUT2D eigenvalue weighted by molar-refractivity contribution is 6.06. The van der Waals surface area contributed by atoms with E-state index in [2.05, 4.69) is 82.4 Å². The summed E-state index contributed by atoms with van der Waals surface area (Å²) in [6, 6.07) is 29.9. The molecule has 206 valence electrons. The number of para-hydroxylation sites is 2. The van der Waals surface area contributed by atoms with Gasteiger partial charge in [-0.05, 0) is 56.9 Å². The molecule has 0 unspecified atom stereocenters. The summed E-state index contributed by atoms with van der Waals surface area (Å²) in [4.78, 5) is 25.3. The Balaban J connectivity index is 1.12. The molecule has 2 saturated heterocycles. The van der Waals surface area contributed by atoms with E-state index in [-0.39, 0.29) is 11.4 Å². The zero-order valence-corrected chi connectivity index (χ0v) is 23.5. The van der Waals surface area contributed by atoms with E-state index in [0.29, 0.717) is 17.5 Å². The van der Waals surface area contributed by atoms with Crippen LogP contribution in [0.15, 0.2) is 91.1 Å². The molecule has 1 aromatic heterocycles. The van der Waals surface area contributed by atoms with Gasteiger partial charge in [0.25, 0.3) is 5.91 Å². The number of amides is 1. The maximum Gasteiger partial charge on any atom is 0.273 e. The van der Waals surface area contributed by atoms with Crippen molar-refractivity contribution in [1.29, 1.82) is 0 Å². The lowest BCUT2D eigenvalue weighted by atomic mass is 9.85. The molecule has 3 aromatic carbocycles. The largest absolute Gasteiger partial charge is 0.494 e. The van der Waals surface area contributed by atoms with Crippen LogP contribution in [-0.4, -0.2) is 65.6 Å². The number of pyridine rings is 1. The summed E-state index contributed by atoms with van der Waals surface area (Å²) in [6.45, 7) is 6.02. The molecular weight excluding hydrogens is 496 g/mol. The third kappa shape index (κ3) is 5.04. The van der Waals surface area contributed by atoms with E-state index in [4.69, 9.17) is 4.74 Å². The molecule has 6 nitrogen and oxygen atoms in total. The van der Waals surface area contributed by atoms with E-state index in [1.807, 2.05) is 29.2 Å². The van der Waals surface area contributed by atoms with Gasteiger partial charge in [-0.15, -0.1) is 0 Å². The number of aromatic nitrogens is 1. The number of benzene rings is 3. The zero-order chi connectivity index (χ0) is 27.5. The van der Waals surface area contributed by atoms with Crippen LogP contribution in [0, 0.1) is 0 Å². The van der Waals surface area contributed by atoms with E-state index in [9.17, 15) is 4.79 Å². The molecule has 4 aromatic rings. The first kappa shape index (κ1) is 26.3. The Bertz CT molecular complexity index is 1400. The first-order chi connectivity index (χ1) is 19.6. The second kappa shape index (κ2) is 11.3. The van der Waals surface area contributed by atoms with Crippen molar-refractivity contribution in [2.24, 2.45) is 0 Å². The summed E-state index contributed by atoms with van der Waals surface area (Å²) < 4.78 is 5.48. The van der Waals surface area contributed by atoms with Crippen LogP contribution >= 0.6 is 0 Å². The number of carbonyl (C=O) groups excluding carboxylic acids is 1. The number of ether oxygens (including phenoxy) is 1. The minimum atomic E-state index is 0.0148. The van der Waals surface area contributed by atoms with Crippen LogP contribution in [0.1, 0.15) is 43.1 Å². The molecule has 0 saturated carbocycles. The molecule has 0 bridgehead atoms. The van der Waals surface area contributed by atoms with Crippen molar-refractivity contribution in [3.05, 3.63) is 96.8 Å². The van der Waals surface area contributed by atoms with Gasteiger partial charge in [0.15, 0.2) is 0 Å². The SMILES string of the molecule is COc1cnc(C(=O)N2CCC(C)(N3CCC(N(c4ccccc4)c4ccccc4)CC3)CC2)c2ccccc12. The normalized spacial score (nSPS) is 18.0. The fraction of sp³-hybridized carbons (Fsp3) is 0.353. The van der Waals surface area contributed by atoms with Crippen molar-refractivity contribution in [3.63, 3.8) is 0 Å². The minimum Gasteiger partial charge on any atom is -0.494 e. The van der Waals surface area contributed by atoms with Crippen molar-refractivity contribution in [1.82, 2.24) is 14.8 Å². The van der Waals surface area contributed by atoms with Gasteiger partial charge in [-0.25, -0.2) is 4.98 Å². The molecule has 2 fully saturated rings. The number of anilines is 2. The number of fused-ring (bicyclic) bond motifs is 1. The van der Waals surface area contributed by atoms with E-state index in [1.165, 1.54) is 11.4 Å². The second-order valence-electron chi connectivity index (χ2n) is 11.3. The molecular formula is C34H38N4O2. The Kier molecular flexibility index (Phi) is 7.44. The van der Waals surface area contributed by atoms with Gasteiger partial charge in [0.05, 0.1) is 13.3 Å². The van der Waals surface area contributed by atoms with E-state index in [1.54, 1.807) is 13.3 Å². The number of hydrogen-bond acceptors (Lipinski definition) is 5. The molecule has 6 rings (SSSR count). The third-order valence-electron chi connectivity index (χ3n) is 8.97. The second-order valence-corrected chi connectivity index (χ2v) is 11.3. The number of nitrogens with zero attached hydrogens (tertiary/aromatic N) is 4. The number of hydrogen-bond donors (Lipinski definition) is 0. The molecule has 6 heteroatoms. The van der Waals surface area contributed by atoms with Crippen molar-refractivity contribution in [2.75, 3.05) is 38.2 Å². The Hall–Kier alpha value is -3.90. The average molecular weight is 535 g/mol. The molecule has 2 aliphatic rings. The monoisotopic (exact) mass is 534 g/mol. The van der Waals surface area contributed by atoms with Gasteiger partial charge in [0.2, 0.25) is 0 Å². The Morgan fingerprint density at radius 3 is 1.95 bits per heavy atom. The first-order valence-corrected chi connectivity index (χ1v) is 14.4. The lowest BCUT2D eigenvalue weighted by Crippen LogP contribution is -2.57. The summed E-state index contributed by atoms with van der Waals surface area (Å²) >= 11 is 0. The predicted octanol–water partition coefficient (Wildman–Crippen LogP) is 6.54. The molecule has 0 aliphatic carbocycles.